The Bertz CT molecular complexity index is 1250. The van der Waals surface area contributed by atoms with Crippen molar-refractivity contribution in [3.8, 4) is 22.5 Å². The van der Waals surface area contributed by atoms with Crippen LogP contribution in [-0.2, 0) is 13.0 Å². The average Bonchev–Trinajstić information content (AvgIpc) is 3.62. The molecule has 170 valence electrons. The van der Waals surface area contributed by atoms with Crippen LogP contribution in [0, 0.1) is 0 Å². The minimum absolute atomic E-state index is 0.0273. The molecule has 2 aromatic heterocycles. The Balaban J connectivity index is 1.43. The summed E-state index contributed by atoms with van der Waals surface area (Å²) in [6.07, 6.45) is 7.42. The number of aromatic nitrogens is 7. The van der Waals surface area contributed by atoms with Gasteiger partial charge < -0.3 is 0 Å². The van der Waals surface area contributed by atoms with Gasteiger partial charge in [0.25, 0.3) is 0 Å². The lowest BCUT2D eigenvalue weighted by Gasteiger charge is -2.09. The number of hydrogen-bond acceptors (Lipinski definition) is 5. The van der Waals surface area contributed by atoms with E-state index in [2.05, 4.69) is 57.9 Å². The van der Waals surface area contributed by atoms with Gasteiger partial charge in [-0.25, -0.2) is 9.48 Å². The number of unbranched alkanes of at least 4 members (excludes halogenated alkanes) is 1. The summed E-state index contributed by atoms with van der Waals surface area (Å²) in [6, 6.07) is 16.6. The van der Waals surface area contributed by atoms with Crippen molar-refractivity contribution in [3.63, 3.8) is 0 Å². The maximum Gasteiger partial charge on any atom is 0.346 e. The maximum atomic E-state index is 13.2. The number of nitrogens with zero attached hydrogens (tertiary/aromatic N) is 6. The first-order valence-electron chi connectivity index (χ1n) is 11.8. The van der Waals surface area contributed by atoms with Crippen LogP contribution in [0.15, 0.2) is 53.3 Å². The van der Waals surface area contributed by atoms with Crippen molar-refractivity contribution in [3.05, 3.63) is 70.4 Å². The lowest BCUT2D eigenvalue weighted by molar-refractivity contribution is 0.445. The van der Waals surface area contributed by atoms with Gasteiger partial charge in [0.2, 0.25) is 5.82 Å². The molecular weight excluding hydrogens is 414 g/mol. The minimum Gasteiger partial charge on any atom is -0.274 e. The van der Waals surface area contributed by atoms with Crippen LogP contribution < -0.4 is 5.69 Å². The highest BCUT2D eigenvalue weighted by molar-refractivity contribution is 5.80. The molecule has 0 radical (unpaired) electrons. The molecule has 1 aliphatic carbocycles. The predicted octanol–water partition coefficient (Wildman–Crippen LogP) is 4.40. The van der Waals surface area contributed by atoms with Gasteiger partial charge in [0.05, 0.1) is 12.6 Å². The van der Waals surface area contributed by atoms with Gasteiger partial charge in [-0.2, -0.15) is 10.3 Å². The van der Waals surface area contributed by atoms with E-state index in [1.165, 1.54) is 12.8 Å². The summed E-state index contributed by atoms with van der Waals surface area (Å²) in [4.78, 5) is 13.2. The quantitative estimate of drug-likeness (QED) is 0.436. The molecule has 0 aliphatic heterocycles. The Kier molecular flexibility index (Phi) is 6.15. The highest BCUT2D eigenvalue weighted by Gasteiger charge is 2.23. The first-order chi connectivity index (χ1) is 16.2. The van der Waals surface area contributed by atoms with Gasteiger partial charge in [-0.15, -0.1) is 10.2 Å². The smallest absolute Gasteiger partial charge is 0.274 e. The van der Waals surface area contributed by atoms with E-state index in [-0.39, 0.29) is 11.7 Å². The van der Waals surface area contributed by atoms with Crippen LogP contribution in [-0.4, -0.2) is 35.0 Å². The van der Waals surface area contributed by atoms with Crippen molar-refractivity contribution < 1.29 is 0 Å². The Morgan fingerprint density at radius 2 is 1.79 bits per heavy atom. The third kappa shape index (κ3) is 4.37. The van der Waals surface area contributed by atoms with E-state index in [1.54, 1.807) is 4.68 Å². The lowest BCUT2D eigenvalue weighted by atomic mass is 9.98. The van der Waals surface area contributed by atoms with Crippen molar-refractivity contribution in [2.75, 3.05) is 0 Å². The van der Waals surface area contributed by atoms with Crippen LogP contribution in [0.2, 0.25) is 0 Å². The fourth-order valence-corrected chi connectivity index (χ4v) is 4.70. The van der Waals surface area contributed by atoms with Gasteiger partial charge in [0.1, 0.15) is 5.82 Å². The molecule has 1 N–H and O–H groups in total. The Labute approximate surface area is 192 Å². The zero-order valence-corrected chi connectivity index (χ0v) is 18.9. The summed E-state index contributed by atoms with van der Waals surface area (Å²) >= 11 is 0. The first-order valence-corrected chi connectivity index (χ1v) is 11.8. The summed E-state index contributed by atoms with van der Waals surface area (Å²) in [5.41, 5.74) is 4.15. The number of rotatable bonds is 8. The third-order valence-electron chi connectivity index (χ3n) is 6.51. The van der Waals surface area contributed by atoms with E-state index in [9.17, 15) is 4.79 Å². The number of H-pyrrole nitrogens is 1. The number of benzene rings is 2. The SMILES string of the molecule is CCCCc1nn(C2CCCC2)c(=O)n1Cc1ccc(-c2ccccc2-c2nn[nH]n2)cc1. The fourth-order valence-electron chi connectivity index (χ4n) is 4.70. The number of nitrogens with one attached hydrogen (secondary N) is 1. The van der Waals surface area contributed by atoms with E-state index < -0.39 is 0 Å². The molecule has 0 spiro atoms. The third-order valence-corrected chi connectivity index (χ3v) is 6.51. The van der Waals surface area contributed by atoms with Crippen molar-refractivity contribution >= 4 is 0 Å². The molecule has 4 aromatic rings. The molecular formula is C25H29N7O. The Morgan fingerprint density at radius 3 is 2.48 bits per heavy atom. The summed E-state index contributed by atoms with van der Waals surface area (Å²) < 4.78 is 3.63. The molecule has 0 unspecified atom stereocenters. The van der Waals surface area contributed by atoms with Gasteiger partial charge in [0.15, 0.2) is 0 Å². The molecule has 2 heterocycles. The molecule has 5 rings (SSSR count). The van der Waals surface area contributed by atoms with Crippen LogP contribution in [0.25, 0.3) is 22.5 Å². The van der Waals surface area contributed by atoms with Gasteiger partial charge in [-0.05, 0) is 41.2 Å². The standard InChI is InChI=1S/C25H29N7O/c1-2-3-12-23-28-32(20-8-4-5-9-20)25(33)31(23)17-18-13-15-19(16-14-18)21-10-6-7-11-22(21)24-26-29-30-27-24/h6-7,10-11,13-16,20H,2-5,8-9,12,17H2,1H3,(H,26,27,29,30). The average molecular weight is 444 g/mol. The lowest BCUT2D eigenvalue weighted by Crippen LogP contribution is -2.28. The van der Waals surface area contributed by atoms with Gasteiger partial charge >= 0.3 is 5.69 Å². The van der Waals surface area contributed by atoms with E-state index in [0.29, 0.717) is 12.4 Å². The first kappa shape index (κ1) is 21.3. The molecule has 0 amide bonds. The number of aromatic amines is 1. The largest absolute Gasteiger partial charge is 0.346 e. The van der Waals surface area contributed by atoms with Gasteiger partial charge in [0, 0.05) is 12.0 Å². The second-order valence-electron chi connectivity index (χ2n) is 8.75. The number of aryl methyl sites for hydroxylation is 1. The molecule has 8 heteroatoms. The summed E-state index contributed by atoms with van der Waals surface area (Å²) in [6.45, 7) is 2.71. The molecule has 1 saturated carbocycles. The number of hydrogen-bond donors (Lipinski definition) is 1. The molecule has 8 nitrogen and oxygen atoms in total. The van der Waals surface area contributed by atoms with Gasteiger partial charge in [-0.3, -0.25) is 4.57 Å². The normalized spacial score (nSPS) is 14.2. The van der Waals surface area contributed by atoms with Gasteiger partial charge in [-0.1, -0.05) is 74.7 Å². The van der Waals surface area contributed by atoms with Crippen LogP contribution in [0.3, 0.4) is 0 Å². The van der Waals surface area contributed by atoms with E-state index >= 15 is 0 Å². The maximum absolute atomic E-state index is 13.2. The highest BCUT2D eigenvalue weighted by Crippen LogP contribution is 2.30. The molecule has 33 heavy (non-hydrogen) atoms. The van der Waals surface area contributed by atoms with E-state index in [0.717, 1.165) is 60.2 Å². The van der Waals surface area contributed by atoms with Crippen molar-refractivity contribution in [2.24, 2.45) is 0 Å². The molecule has 1 fully saturated rings. The molecule has 0 saturated heterocycles. The zero-order valence-electron chi connectivity index (χ0n) is 18.9. The van der Waals surface area contributed by atoms with E-state index in [1.807, 2.05) is 22.8 Å². The van der Waals surface area contributed by atoms with Crippen LogP contribution in [0.4, 0.5) is 0 Å². The summed E-state index contributed by atoms with van der Waals surface area (Å²) in [5.74, 6) is 1.47. The van der Waals surface area contributed by atoms with E-state index in [4.69, 9.17) is 5.10 Å². The van der Waals surface area contributed by atoms with Crippen LogP contribution in [0.5, 0.6) is 0 Å². The summed E-state index contributed by atoms with van der Waals surface area (Å²) in [5, 5.41) is 19.2. The Hall–Kier alpha value is -3.55. The summed E-state index contributed by atoms with van der Waals surface area (Å²) in [7, 11) is 0. The monoisotopic (exact) mass is 443 g/mol. The fraction of sp³-hybridized carbons (Fsp3) is 0.400. The topological polar surface area (TPSA) is 94.3 Å². The molecule has 1 aliphatic rings. The van der Waals surface area contributed by atoms with Crippen LogP contribution >= 0.6 is 0 Å². The molecule has 0 bridgehead atoms. The predicted molar refractivity (Wildman–Crippen MR) is 127 cm³/mol. The Morgan fingerprint density at radius 1 is 1.03 bits per heavy atom. The minimum atomic E-state index is 0.0273. The second kappa shape index (κ2) is 9.52. The second-order valence-corrected chi connectivity index (χ2v) is 8.75. The zero-order chi connectivity index (χ0) is 22.6. The molecule has 0 atom stereocenters. The van der Waals surface area contributed by atoms with Crippen molar-refractivity contribution in [1.82, 2.24) is 35.0 Å². The van der Waals surface area contributed by atoms with Crippen molar-refractivity contribution in [2.45, 2.75) is 64.5 Å². The van der Waals surface area contributed by atoms with Crippen LogP contribution in [0.1, 0.15) is 62.9 Å². The highest BCUT2D eigenvalue weighted by atomic mass is 16.2. The molecule has 2 aromatic carbocycles. The number of tetrazole rings is 1. The van der Waals surface area contributed by atoms with Crippen molar-refractivity contribution in [1.29, 1.82) is 0 Å².